The van der Waals surface area contributed by atoms with Crippen LogP contribution in [0.1, 0.15) is 36.2 Å². The Balaban J connectivity index is 1.46. The number of methoxy groups -OCH3 is 2. The summed E-state index contributed by atoms with van der Waals surface area (Å²) >= 11 is 0. The van der Waals surface area contributed by atoms with Crippen molar-refractivity contribution < 1.29 is 19.1 Å². The maximum atomic E-state index is 13.6. The highest BCUT2D eigenvalue weighted by atomic mass is 16.5. The number of likely N-dealkylation sites (tertiary alicyclic amines) is 1. The fraction of sp³-hybridized carbons (Fsp3) is 0.565. The van der Waals surface area contributed by atoms with Crippen molar-refractivity contribution in [2.45, 2.75) is 31.7 Å². The van der Waals surface area contributed by atoms with Crippen LogP contribution in [0.25, 0.3) is 10.9 Å². The van der Waals surface area contributed by atoms with Gasteiger partial charge >= 0.3 is 0 Å². The van der Waals surface area contributed by atoms with Gasteiger partial charge in [0.05, 0.1) is 19.7 Å². The van der Waals surface area contributed by atoms with Crippen LogP contribution in [0, 0.1) is 11.8 Å². The van der Waals surface area contributed by atoms with Gasteiger partial charge in [-0.2, -0.15) is 0 Å². The fourth-order valence-electron chi connectivity index (χ4n) is 5.89. The van der Waals surface area contributed by atoms with E-state index < -0.39 is 0 Å². The van der Waals surface area contributed by atoms with Crippen LogP contribution >= 0.6 is 0 Å². The predicted molar refractivity (Wildman–Crippen MR) is 113 cm³/mol. The molecule has 30 heavy (non-hydrogen) atoms. The zero-order valence-corrected chi connectivity index (χ0v) is 17.9. The lowest BCUT2D eigenvalue weighted by molar-refractivity contribution is -0.144. The number of rotatable bonds is 3. The SMILES string of the molecule is COc1ccc(OC)c2c1cc(C(=O)N1C[C@@H]3C[C@@H](C1)C1CCCC(=O)N1C3)n2C. The Labute approximate surface area is 176 Å². The number of hydrogen-bond donors (Lipinski definition) is 0. The third kappa shape index (κ3) is 2.86. The first-order valence-corrected chi connectivity index (χ1v) is 10.8. The van der Waals surface area contributed by atoms with Crippen LogP contribution < -0.4 is 9.47 Å². The largest absolute Gasteiger partial charge is 0.496 e. The lowest BCUT2D eigenvalue weighted by Gasteiger charge is -2.52. The molecule has 0 radical (unpaired) electrons. The maximum Gasteiger partial charge on any atom is 0.270 e. The first-order chi connectivity index (χ1) is 14.5. The number of hydrogen-bond acceptors (Lipinski definition) is 4. The molecule has 3 atom stereocenters. The number of benzene rings is 1. The van der Waals surface area contributed by atoms with Crippen molar-refractivity contribution in [1.82, 2.24) is 14.4 Å². The number of carbonyl (C=O) groups is 2. The number of carbonyl (C=O) groups excluding carboxylic acids is 2. The molecule has 1 unspecified atom stereocenters. The minimum atomic E-state index is 0.0445. The van der Waals surface area contributed by atoms with E-state index in [1.54, 1.807) is 14.2 Å². The molecule has 1 aromatic carbocycles. The number of aryl methyl sites for hydroxylation is 1. The van der Waals surface area contributed by atoms with E-state index in [4.69, 9.17) is 9.47 Å². The number of nitrogens with zero attached hydrogens (tertiary/aromatic N) is 3. The summed E-state index contributed by atoms with van der Waals surface area (Å²) in [5.41, 5.74) is 1.51. The number of fused-ring (bicyclic) bond motifs is 5. The molecule has 4 heterocycles. The zero-order valence-electron chi connectivity index (χ0n) is 17.9. The Morgan fingerprint density at radius 2 is 1.87 bits per heavy atom. The summed E-state index contributed by atoms with van der Waals surface area (Å²) < 4.78 is 13.0. The summed E-state index contributed by atoms with van der Waals surface area (Å²) in [7, 11) is 5.18. The van der Waals surface area contributed by atoms with Crippen molar-refractivity contribution >= 4 is 22.7 Å². The van der Waals surface area contributed by atoms with E-state index in [1.807, 2.05) is 34.7 Å². The molecule has 160 valence electrons. The summed E-state index contributed by atoms with van der Waals surface area (Å²) in [6.45, 7) is 2.22. The number of ether oxygens (including phenoxy) is 2. The van der Waals surface area contributed by atoms with Crippen molar-refractivity contribution in [3.8, 4) is 11.5 Å². The molecule has 7 nitrogen and oxygen atoms in total. The first-order valence-electron chi connectivity index (χ1n) is 10.8. The van der Waals surface area contributed by atoms with Gasteiger partial charge in [0.1, 0.15) is 17.2 Å². The second-order valence-corrected chi connectivity index (χ2v) is 8.90. The molecule has 7 heteroatoms. The van der Waals surface area contributed by atoms with Gasteiger partial charge < -0.3 is 23.8 Å². The average Bonchev–Trinajstić information content (AvgIpc) is 3.11. The molecule has 0 N–H and O–H groups in total. The minimum absolute atomic E-state index is 0.0445. The van der Waals surface area contributed by atoms with Crippen LogP contribution in [0.3, 0.4) is 0 Å². The highest BCUT2D eigenvalue weighted by Gasteiger charge is 2.45. The molecule has 0 aliphatic carbocycles. The lowest BCUT2D eigenvalue weighted by atomic mass is 9.76. The van der Waals surface area contributed by atoms with Crippen molar-refractivity contribution in [3.63, 3.8) is 0 Å². The highest BCUT2D eigenvalue weighted by Crippen LogP contribution is 2.39. The van der Waals surface area contributed by atoms with Gasteiger partial charge in [-0.1, -0.05) is 0 Å². The van der Waals surface area contributed by atoms with E-state index in [9.17, 15) is 9.59 Å². The quantitative estimate of drug-likeness (QED) is 0.779. The zero-order chi connectivity index (χ0) is 21.0. The van der Waals surface area contributed by atoms with Gasteiger partial charge in [0.25, 0.3) is 5.91 Å². The van der Waals surface area contributed by atoms with Gasteiger partial charge in [0.15, 0.2) is 0 Å². The van der Waals surface area contributed by atoms with Gasteiger partial charge in [0.2, 0.25) is 5.91 Å². The number of aromatic nitrogens is 1. The van der Waals surface area contributed by atoms with E-state index in [2.05, 4.69) is 4.90 Å². The van der Waals surface area contributed by atoms with E-state index in [0.29, 0.717) is 42.4 Å². The van der Waals surface area contributed by atoms with Crippen molar-refractivity contribution in [2.24, 2.45) is 18.9 Å². The third-order valence-electron chi connectivity index (χ3n) is 7.24. The molecule has 3 aliphatic heterocycles. The topological polar surface area (TPSA) is 64.0 Å². The molecule has 0 saturated carbocycles. The summed E-state index contributed by atoms with van der Waals surface area (Å²) in [5.74, 6) is 2.54. The second kappa shape index (κ2) is 7.22. The molecule has 2 amide bonds. The lowest BCUT2D eigenvalue weighted by Crippen LogP contribution is -2.61. The monoisotopic (exact) mass is 411 g/mol. The Kier molecular flexibility index (Phi) is 4.64. The van der Waals surface area contributed by atoms with Gasteiger partial charge in [0, 0.05) is 44.5 Å². The van der Waals surface area contributed by atoms with Gasteiger partial charge in [-0.05, 0) is 49.3 Å². The van der Waals surface area contributed by atoms with E-state index in [1.165, 1.54) is 0 Å². The van der Waals surface area contributed by atoms with Gasteiger partial charge in [-0.25, -0.2) is 0 Å². The Morgan fingerprint density at radius 3 is 2.63 bits per heavy atom. The van der Waals surface area contributed by atoms with Crippen LogP contribution in [0.5, 0.6) is 11.5 Å². The Bertz CT molecular complexity index is 1010. The number of piperidine rings is 3. The maximum absolute atomic E-state index is 13.6. The smallest absolute Gasteiger partial charge is 0.270 e. The molecule has 3 saturated heterocycles. The van der Waals surface area contributed by atoms with Crippen LogP contribution in [0.2, 0.25) is 0 Å². The molecule has 2 bridgehead atoms. The second-order valence-electron chi connectivity index (χ2n) is 8.90. The average molecular weight is 412 g/mol. The summed E-state index contributed by atoms with van der Waals surface area (Å²) in [6, 6.07) is 5.95. The molecule has 1 aromatic heterocycles. The molecular formula is C23H29N3O4. The van der Waals surface area contributed by atoms with Crippen molar-refractivity contribution in [2.75, 3.05) is 33.9 Å². The fourth-order valence-corrected chi connectivity index (χ4v) is 5.89. The molecule has 0 spiro atoms. The van der Waals surface area contributed by atoms with Gasteiger partial charge in [-0.3, -0.25) is 9.59 Å². The van der Waals surface area contributed by atoms with E-state index in [-0.39, 0.29) is 5.91 Å². The van der Waals surface area contributed by atoms with Crippen LogP contribution in [0.15, 0.2) is 18.2 Å². The first kappa shape index (κ1) is 19.3. The summed E-state index contributed by atoms with van der Waals surface area (Å²) in [6.07, 6.45) is 3.83. The molecule has 5 rings (SSSR count). The van der Waals surface area contributed by atoms with E-state index >= 15 is 0 Å². The third-order valence-corrected chi connectivity index (χ3v) is 7.24. The number of amides is 2. The summed E-state index contributed by atoms with van der Waals surface area (Å²) in [4.78, 5) is 30.1. The van der Waals surface area contributed by atoms with Crippen LogP contribution in [-0.4, -0.2) is 66.1 Å². The standard InChI is InChI=1S/C23H29N3O4/c1-24-18(10-16-19(29-2)7-8-20(30-3)22(16)24)23(28)25-11-14-9-15(13-25)17-5-4-6-21(27)26(17)12-14/h7-8,10,14-15,17H,4-6,9,11-13H2,1-3H3/t14-,15-,17?/m0/s1. The Morgan fingerprint density at radius 1 is 1.10 bits per heavy atom. The normalized spacial score (nSPS) is 26.0. The molecule has 3 fully saturated rings. The van der Waals surface area contributed by atoms with Crippen LogP contribution in [-0.2, 0) is 11.8 Å². The minimum Gasteiger partial charge on any atom is -0.496 e. The predicted octanol–water partition coefficient (Wildman–Crippen LogP) is 2.67. The molecule has 3 aliphatic rings. The molecular weight excluding hydrogens is 382 g/mol. The highest BCUT2D eigenvalue weighted by molar-refractivity contribution is 6.02. The van der Waals surface area contributed by atoms with Crippen molar-refractivity contribution in [3.05, 3.63) is 23.9 Å². The van der Waals surface area contributed by atoms with Crippen LogP contribution in [0.4, 0.5) is 0 Å². The van der Waals surface area contributed by atoms with Gasteiger partial charge in [-0.15, -0.1) is 0 Å². The molecule has 2 aromatic rings. The summed E-state index contributed by atoms with van der Waals surface area (Å²) in [5, 5.41) is 0.879. The van der Waals surface area contributed by atoms with Crippen molar-refractivity contribution in [1.29, 1.82) is 0 Å². The van der Waals surface area contributed by atoms with E-state index in [0.717, 1.165) is 54.8 Å². The Hall–Kier alpha value is -2.70.